The quantitative estimate of drug-likeness (QED) is 0.0539. The molecule has 0 aliphatic rings. The molecule has 0 saturated carbocycles. The third-order valence-corrected chi connectivity index (χ3v) is 7.36. The Balaban J connectivity index is 3.62. The number of carbonyl (C=O) groups excluding carboxylic acids is 1. The van der Waals surface area contributed by atoms with E-state index in [-0.39, 0.29) is 12.1 Å². The number of allylic oxidation sites excluding steroid dienone is 6. The van der Waals surface area contributed by atoms with Crippen LogP contribution < -0.4 is 0 Å². The third-order valence-electron chi connectivity index (χ3n) is 7.36. The maximum atomic E-state index is 12.3. The average molecular weight is 561 g/mol. The van der Waals surface area contributed by atoms with Gasteiger partial charge in [-0.3, -0.25) is 9.59 Å². The molecule has 0 radical (unpaired) electrons. The number of rotatable bonds is 30. The second-order valence-electron chi connectivity index (χ2n) is 11.3. The summed E-state index contributed by atoms with van der Waals surface area (Å²) in [6.45, 7) is 4.33. The molecule has 0 aromatic carbocycles. The van der Waals surface area contributed by atoms with E-state index in [1.54, 1.807) is 0 Å². The van der Waals surface area contributed by atoms with Crippen molar-refractivity contribution >= 4 is 11.9 Å². The number of esters is 1. The predicted octanol–water partition coefficient (Wildman–Crippen LogP) is 11.4. The van der Waals surface area contributed by atoms with E-state index in [0.29, 0.717) is 12.8 Å². The molecular weight excluding hydrogens is 496 g/mol. The van der Waals surface area contributed by atoms with Crippen molar-refractivity contribution in [3.8, 4) is 0 Å². The molecule has 1 unspecified atom stereocenters. The van der Waals surface area contributed by atoms with Gasteiger partial charge >= 0.3 is 11.9 Å². The highest BCUT2D eigenvalue weighted by molar-refractivity contribution is 5.69. The Morgan fingerprint density at radius 2 is 1.05 bits per heavy atom. The van der Waals surface area contributed by atoms with Gasteiger partial charge in [0.1, 0.15) is 6.10 Å². The predicted molar refractivity (Wildman–Crippen MR) is 172 cm³/mol. The van der Waals surface area contributed by atoms with Crippen LogP contribution in [0.25, 0.3) is 0 Å². The van der Waals surface area contributed by atoms with Crippen molar-refractivity contribution in [2.45, 2.75) is 180 Å². The fourth-order valence-electron chi connectivity index (χ4n) is 4.96. The van der Waals surface area contributed by atoms with Crippen molar-refractivity contribution in [2.75, 3.05) is 0 Å². The topological polar surface area (TPSA) is 63.6 Å². The fourth-order valence-corrected chi connectivity index (χ4v) is 4.96. The highest BCUT2D eigenvalue weighted by Gasteiger charge is 2.13. The number of ether oxygens (including phenoxy) is 1. The number of carboxylic acid groups (broad SMARTS) is 1. The summed E-state index contributed by atoms with van der Waals surface area (Å²) < 4.78 is 5.83. The summed E-state index contributed by atoms with van der Waals surface area (Å²) in [4.78, 5) is 22.8. The van der Waals surface area contributed by atoms with Gasteiger partial charge in [-0.25, -0.2) is 0 Å². The van der Waals surface area contributed by atoms with Gasteiger partial charge in [-0.2, -0.15) is 0 Å². The normalized spacial score (nSPS) is 12.7. The van der Waals surface area contributed by atoms with Gasteiger partial charge in [-0.1, -0.05) is 134 Å². The summed E-state index contributed by atoms with van der Waals surface area (Å²) >= 11 is 0. The molecule has 0 aromatic heterocycles. The molecule has 0 aliphatic carbocycles. The Labute approximate surface area is 248 Å². The largest absolute Gasteiger partial charge is 0.481 e. The highest BCUT2D eigenvalue weighted by atomic mass is 16.5. The van der Waals surface area contributed by atoms with Gasteiger partial charge in [0.2, 0.25) is 0 Å². The molecule has 0 saturated heterocycles. The second kappa shape index (κ2) is 31.7. The fraction of sp³-hybridized carbons (Fsp3) is 0.778. The van der Waals surface area contributed by atoms with Gasteiger partial charge in [0.15, 0.2) is 0 Å². The zero-order valence-corrected chi connectivity index (χ0v) is 26.4. The van der Waals surface area contributed by atoms with Crippen molar-refractivity contribution in [2.24, 2.45) is 0 Å². The zero-order chi connectivity index (χ0) is 29.4. The lowest BCUT2D eigenvalue weighted by Gasteiger charge is -2.17. The summed E-state index contributed by atoms with van der Waals surface area (Å²) in [6, 6.07) is 0. The summed E-state index contributed by atoms with van der Waals surface area (Å²) in [5.41, 5.74) is 0. The standard InChI is InChI=1S/C36H64O4/c1-3-5-6-7-8-9-10-11-12-13-17-20-23-26-29-33-36(39)40-34(30-4-2)31-27-24-21-18-15-14-16-19-22-25-28-32-35(37)38/h5-6,8-9,11-12,34H,3-4,7,10,13-33H2,1-2H3,(H,37,38)/b6-5-,9-8-,12-11-. The molecule has 0 aromatic rings. The molecule has 0 bridgehead atoms. The van der Waals surface area contributed by atoms with E-state index >= 15 is 0 Å². The number of hydrogen-bond donors (Lipinski definition) is 1. The minimum atomic E-state index is -0.675. The first-order chi connectivity index (χ1) is 19.6. The summed E-state index contributed by atoms with van der Waals surface area (Å²) in [7, 11) is 0. The average Bonchev–Trinajstić information content (AvgIpc) is 2.93. The van der Waals surface area contributed by atoms with Crippen LogP contribution in [0.3, 0.4) is 0 Å². The lowest BCUT2D eigenvalue weighted by atomic mass is 10.0. The van der Waals surface area contributed by atoms with Gasteiger partial charge in [0.25, 0.3) is 0 Å². The second-order valence-corrected chi connectivity index (χ2v) is 11.3. The van der Waals surface area contributed by atoms with Gasteiger partial charge in [0.05, 0.1) is 0 Å². The molecule has 232 valence electrons. The molecule has 1 atom stereocenters. The van der Waals surface area contributed by atoms with Crippen LogP contribution in [0.15, 0.2) is 36.5 Å². The van der Waals surface area contributed by atoms with Crippen LogP contribution >= 0.6 is 0 Å². The van der Waals surface area contributed by atoms with Crippen LogP contribution in [0.4, 0.5) is 0 Å². The number of carboxylic acids is 1. The number of hydrogen-bond acceptors (Lipinski definition) is 3. The lowest BCUT2D eigenvalue weighted by Crippen LogP contribution is -2.18. The number of carbonyl (C=O) groups is 2. The molecule has 4 heteroatoms. The van der Waals surface area contributed by atoms with E-state index < -0.39 is 5.97 Å². The van der Waals surface area contributed by atoms with Crippen LogP contribution in [0.2, 0.25) is 0 Å². The molecule has 0 rings (SSSR count). The van der Waals surface area contributed by atoms with Gasteiger partial charge < -0.3 is 9.84 Å². The zero-order valence-electron chi connectivity index (χ0n) is 26.4. The van der Waals surface area contributed by atoms with Gasteiger partial charge in [-0.05, 0) is 64.2 Å². The summed E-state index contributed by atoms with van der Waals surface area (Å²) in [5.74, 6) is -0.673. The molecule has 1 N–H and O–H groups in total. The maximum Gasteiger partial charge on any atom is 0.306 e. The Morgan fingerprint density at radius 1 is 0.575 bits per heavy atom. The molecule has 4 nitrogen and oxygen atoms in total. The summed E-state index contributed by atoms with van der Waals surface area (Å²) in [6.07, 6.45) is 40.7. The highest BCUT2D eigenvalue weighted by Crippen LogP contribution is 2.17. The molecule has 0 amide bonds. The summed E-state index contributed by atoms with van der Waals surface area (Å²) in [5, 5.41) is 8.65. The molecule has 40 heavy (non-hydrogen) atoms. The number of unbranched alkanes of at least 4 members (excludes halogenated alkanes) is 15. The van der Waals surface area contributed by atoms with E-state index in [2.05, 4.69) is 50.3 Å². The van der Waals surface area contributed by atoms with E-state index in [1.165, 1.54) is 70.6 Å². The van der Waals surface area contributed by atoms with E-state index in [9.17, 15) is 9.59 Å². The smallest absolute Gasteiger partial charge is 0.306 e. The van der Waals surface area contributed by atoms with Crippen molar-refractivity contribution in [1.29, 1.82) is 0 Å². The van der Waals surface area contributed by atoms with E-state index in [4.69, 9.17) is 9.84 Å². The van der Waals surface area contributed by atoms with Crippen molar-refractivity contribution in [3.05, 3.63) is 36.5 Å². The monoisotopic (exact) mass is 560 g/mol. The number of aliphatic carboxylic acids is 1. The van der Waals surface area contributed by atoms with Gasteiger partial charge in [-0.15, -0.1) is 0 Å². The first-order valence-corrected chi connectivity index (χ1v) is 17.0. The third kappa shape index (κ3) is 30.7. The lowest BCUT2D eigenvalue weighted by molar-refractivity contribution is -0.150. The Kier molecular flexibility index (Phi) is 30.2. The van der Waals surface area contributed by atoms with Crippen molar-refractivity contribution in [3.63, 3.8) is 0 Å². The Hall–Kier alpha value is -1.84. The molecular formula is C36H64O4. The van der Waals surface area contributed by atoms with Crippen LogP contribution in [-0.2, 0) is 14.3 Å². The van der Waals surface area contributed by atoms with Crippen LogP contribution in [0, 0.1) is 0 Å². The maximum absolute atomic E-state index is 12.3. The molecule has 0 fully saturated rings. The Morgan fingerprint density at radius 3 is 1.60 bits per heavy atom. The first kappa shape index (κ1) is 38.2. The first-order valence-electron chi connectivity index (χ1n) is 17.0. The van der Waals surface area contributed by atoms with Crippen molar-refractivity contribution in [1.82, 2.24) is 0 Å². The van der Waals surface area contributed by atoms with Crippen LogP contribution in [0.1, 0.15) is 174 Å². The van der Waals surface area contributed by atoms with E-state index in [0.717, 1.165) is 77.0 Å². The van der Waals surface area contributed by atoms with Crippen molar-refractivity contribution < 1.29 is 19.4 Å². The van der Waals surface area contributed by atoms with Crippen LogP contribution in [-0.4, -0.2) is 23.1 Å². The molecule has 0 aliphatic heterocycles. The van der Waals surface area contributed by atoms with Gasteiger partial charge in [0, 0.05) is 12.8 Å². The minimum Gasteiger partial charge on any atom is -0.481 e. The Bertz CT molecular complexity index is 649. The molecule has 0 spiro atoms. The van der Waals surface area contributed by atoms with E-state index in [1.807, 2.05) is 0 Å². The SMILES string of the molecule is CC/C=C\C/C=C\C/C=C\CCCCCCCC(=O)OC(CCC)CCCCCCCCCCCCCC(=O)O. The van der Waals surface area contributed by atoms with Crippen LogP contribution in [0.5, 0.6) is 0 Å². The minimum absolute atomic E-state index is 0.00239. The molecule has 0 heterocycles.